The minimum atomic E-state index is -3.36. The van der Waals surface area contributed by atoms with E-state index in [-0.39, 0.29) is 0 Å². The molecule has 1 aliphatic rings. The molecular formula is C13H23N3O2S. The van der Waals surface area contributed by atoms with Crippen molar-refractivity contribution in [1.82, 2.24) is 14.6 Å². The van der Waals surface area contributed by atoms with Crippen LogP contribution in [-0.2, 0) is 23.1 Å². The number of hydrogen-bond acceptors (Lipinski definition) is 3. The van der Waals surface area contributed by atoms with Crippen molar-refractivity contribution < 1.29 is 8.42 Å². The van der Waals surface area contributed by atoms with Gasteiger partial charge in [0.15, 0.2) is 0 Å². The lowest BCUT2D eigenvalue weighted by molar-refractivity contribution is 0.316. The van der Waals surface area contributed by atoms with Gasteiger partial charge in [-0.15, -0.1) is 0 Å². The van der Waals surface area contributed by atoms with Crippen LogP contribution in [0.2, 0.25) is 0 Å². The minimum absolute atomic E-state index is 0.374. The standard InChI is InChI=1S/C13H23N3O2S/c1-3-16-10-13(7-12(16)9-14-2)19(17,18)15-8-11-5-4-6-11/h7,10-11,14-15H,3-6,8-9H2,1-2H3. The van der Waals surface area contributed by atoms with E-state index < -0.39 is 10.0 Å². The van der Waals surface area contributed by atoms with Gasteiger partial charge in [0.25, 0.3) is 0 Å². The van der Waals surface area contributed by atoms with Gasteiger partial charge >= 0.3 is 0 Å². The Balaban J connectivity index is 2.09. The summed E-state index contributed by atoms with van der Waals surface area (Å²) in [5, 5.41) is 3.06. The number of rotatable bonds is 7. The zero-order valence-electron chi connectivity index (χ0n) is 11.6. The van der Waals surface area contributed by atoms with E-state index in [9.17, 15) is 8.42 Å². The van der Waals surface area contributed by atoms with Gasteiger partial charge in [-0.05, 0) is 38.8 Å². The zero-order chi connectivity index (χ0) is 13.9. The molecule has 5 nitrogen and oxygen atoms in total. The van der Waals surface area contributed by atoms with Crippen molar-refractivity contribution in [3.8, 4) is 0 Å². The van der Waals surface area contributed by atoms with Crippen molar-refractivity contribution in [1.29, 1.82) is 0 Å². The topological polar surface area (TPSA) is 63.1 Å². The van der Waals surface area contributed by atoms with Gasteiger partial charge in [-0.3, -0.25) is 0 Å². The Labute approximate surface area is 115 Å². The predicted octanol–water partition coefficient (Wildman–Crippen LogP) is 1.31. The third-order valence-electron chi connectivity index (χ3n) is 3.76. The number of hydrogen-bond donors (Lipinski definition) is 2. The molecule has 0 atom stereocenters. The minimum Gasteiger partial charge on any atom is -0.349 e. The Hall–Kier alpha value is -0.850. The fourth-order valence-electron chi connectivity index (χ4n) is 2.30. The van der Waals surface area contributed by atoms with Crippen molar-refractivity contribution in [2.45, 2.75) is 44.2 Å². The van der Waals surface area contributed by atoms with E-state index in [1.807, 2.05) is 18.5 Å². The first-order chi connectivity index (χ1) is 9.06. The lowest BCUT2D eigenvalue weighted by atomic mass is 9.86. The summed E-state index contributed by atoms with van der Waals surface area (Å²) in [5.41, 5.74) is 0.994. The summed E-state index contributed by atoms with van der Waals surface area (Å²) in [4.78, 5) is 0.374. The van der Waals surface area contributed by atoms with Crippen molar-refractivity contribution in [2.24, 2.45) is 5.92 Å². The molecule has 0 bridgehead atoms. The van der Waals surface area contributed by atoms with Crippen LogP contribution in [0, 0.1) is 5.92 Å². The van der Waals surface area contributed by atoms with Gasteiger partial charge in [-0.2, -0.15) is 0 Å². The number of nitrogens with zero attached hydrogens (tertiary/aromatic N) is 1. The second kappa shape index (κ2) is 6.07. The Morgan fingerprint density at radius 2 is 2.16 bits per heavy atom. The Morgan fingerprint density at radius 3 is 2.68 bits per heavy atom. The van der Waals surface area contributed by atoms with E-state index in [0.29, 0.717) is 23.9 Å². The van der Waals surface area contributed by atoms with Gasteiger partial charge in [0, 0.05) is 31.5 Å². The third-order valence-corrected chi connectivity index (χ3v) is 5.15. The van der Waals surface area contributed by atoms with Crippen molar-refractivity contribution >= 4 is 10.0 Å². The molecule has 1 fully saturated rings. The predicted molar refractivity (Wildman–Crippen MR) is 75.4 cm³/mol. The first-order valence-electron chi connectivity index (χ1n) is 6.90. The quantitative estimate of drug-likeness (QED) is 0.794. The molecule has 2 N–H and O–H groups in total. The van der Waals surface area contributed by atoms with Gasteiger partial charge in [-0.25, -0.2) is 13.1 Å². The molecule has 1 heterocycles. The highest BCUT2D eigenvalue weighted by Gasteiger charge is 2.22. The normalized spacial score (nSPS) is 16.5. The lowest BCUT2D eigenvalue weighted by Gasteiger charge is -2.25. The third kappa shape index (κ3) is 3.38. The van der Waals surface area contributed by atoms with Crippen LogP contribution in [0.25, 0.3) is 0 Å². The molecule has 0 amide bonds. The Bertz CT molecular complexity index is 518. The molecular weight excluding hydrogens is 262 g/mol. The highest BCUT2D eigenvalue weighted by molar-refractivity contribution is 7.89. The molecule has 0 aliphatic heterocycles. The van der Waals surface area contributed by atoms with Crippen LogP contribution in [0.15, 0.2) is 17.2 Å². The fourth-order valence-corrected chi connectivity index (χ4v) is 3.48. The summed E-state index contributed by atoms with van der Waals surface area (Å²) in [6.45, 7) is 4.03. The average Bonchev–Trinajstić information content (AvgIpc) is 2.71. The fraction of sp³-hybridized carbons (Fsp3) is 0.692. The van der Waals surface area contributed by atoms with Crippen LogP contribution >= 0.6 is 0 Å². The monoisotopic (exact) mass is 285 g/mol. The van der Waals surface area contributed by atoms with Crippen LogP contribution in [0.3, 0.4) is 0 Å². The van der Waals surface area contributed by atoms with E-state index in [1.54, 1.807) is 12.3 Å². The SMILES string of the molecule is CCn1cc(S(=O)(=O)NCC2CCC2)cc1CNC. The maximum absolute atomic E-state index is 12.2. The number of aromatic nitrogens is 1. The molecule has 1 saturated carbocycles. The van der Waals surface area contributed by atoms with Crippen LogP contribution in [0.1, 0.15) is 31.9 Å². The van der Waals surface area contributed by atoms with Gasteiger partial charge in [-0.1, -0.05) is 6.42 Å². The van der Waals surface area contributed by atoms with Crippen molar-refractivity contribution in [2.75, 3.05) is 13.6 Å². The van der Waals surface area contributed by atoms with Gasteiger partial charge < -0.3 is 9.88 Å². The van der Waals surface area contributed by atoms with E-state index >= 15 is 0 Å². The zero-order valence-corrected chi connectivity index (χ0v) is 12.5. The number of aryl methyl sites for hydroxylation is 1. The largest absolute Gasteiger partial charge is 0.349 e. The van der Waals surface area contributed by atoms with Crippen molar-refractivity contribution in [3.63, 3.8) is 0 Å². The van der Waals surface area contributed by atoms with E-state index in [1.165, 1.54) is 6.42 Å². The van der Waals surface area contributed by atoms with Gasteiger partial charge in [0.05, 0.1) is 4.90 Å². The molecule has 0 spiro atoms. The molecule has 1 aliphatic carbocycles. The van der Waals surface area contributed by atoms with E-state index in [0.717, 1.165) is 25.1 Å². The van der Waals surface area contributed by atoms with Crippen LogP contribution < -0.4 is 10.0 Å². The smallest absolute Gasteiger partial charge is 0.242 e. The highest BCUT2D eigenvalue weighted by Crippen LogP contribution is 2.26. The van der Waals surface area contributed by atoms with Gasteiger partial charge in [0.1, 0.15) is 0 Å². The molecule has 108 valence electrons. The molecule has 1 aromatic rings. The molecule has 0 aromatic carbocycles. The van der Waals surface area contributed by atoms with Crippen molar-refractivity contribution in [3.05, 3.63) is 18.0 Å². The molecule has 2 rings (SSSR count). The summed E-state index contributed by atoms with van der Waals surface area (Å²) in [7, 11) is -1.50. The summed E-state index contributed by atoms with van der Waals surface area (Å²) in [6, 6.07) is 1.75. The first kappa shape index (κ1) is 14.6. The maximum atomic E-state index is 12.2. The maximum Gasteiger partial charge on any atom is 0.242 e. The second-order valence-electron chi connectivity index (χ2n) is 5.13. The lowest BCUT2D eigenvalue weighted by Crippen LogP contribution is -2.32. The second-order valence-corrected chi connectivity index (χ2v) is 6.90. The number of sulfonamides is 1. The first-order valence-corrected chi connectivity index (χ1v) is 8.38. The summed E-state index contributed by atoms with van der Waals surface area (Å²) < 4.78 is 29.1. The molecule has 19 heavy (non-hydrogen) atoms. The molecule has 1 aromatic heterocycles. The van der Waals surface area contributed by atoms with Crippen LogP contribution in [-0.4, -0.2) is 26.6 Å². The average molecular weight is 285 g/mol. The van der Waals surface area contributed by atoms with E-state index in [4.69, 9.17) is 0 Å². The molecule has 0 unspecified atom stereocenters. The summed E-state index contributed by atoms with van der Waals surface area (Å²) in [6.07, 6.45) is 5.23. The molecule has 0 saturated heterocycles. The Kier molecular flexibility index (Phi) is 4.65. The Morgan fingerprint density at radius 1 is 1.42 bits per heavy atom. The highest BCUT2D eigenvalue weighted by atomic mass is 32.2. The summed E-state index contributed by atoms with van der Waals surface area (Å²) in [5.74, 6) is 0.528. The van der Waals surface area contributed by atoms with Gasteiger partial charge in [0.2, 0.25) is 10.0 Å². The van der Waals surface area contributed by atoms with Crippen LogP contribution in [0.4, 0.5) is 0 Å². The molecule has 6 heteroatoms. The van der Waals surface area contributed by atoms with Crippen LogP contribution in [0.5, 0.6) is 0 Å². The number of nitrogens with one attached hydrogen (secondary N) is 2. The summed E-state index contributed by atoms with van der Waals surface area (Å²) >= 11 is 0. The van der Waals surface area contributed by atoms with E-state index in [2.05, 4.69) is 10.0 Å². The molecule has 0 radical (unpaired) electrons.